The molecule has 0 aromatic carbocycles. The van der Waals surface area contributed by atoms with Crippen molar-refractivity contribution in [3.8, 4) is 0 Å². The Morgan fingerprint density at radius 1 is 1.11 bits per heavy atom. The minimum absolute atomic E-state index is 0.215. The lowest BCUT2D eigenvalue weighted by molar-refractivity contribution is -0.134. The Labute approximate surface area is 116 Å². The fourth-order valence-corrected chi connectivity index (χ4v) is 3.14. The lowest BCUT2D eigenvalue weighted by Crippen LogP contribution is -2.44. The van der Waals surface area contributed by atoms with Crippen LogP contribution >= 0.6 is 0 Å². The maximum absolute atomic E-state index is 11.8. The first-order valence-electron chi connectivity index (χ1n) is 7.77. The molecule has 1 saturated carbocycles. The van der Waals surface area contributed by atoms with E-state index in [-0.39, 0.29) is 5.91 Å². The molecule has 1 N–H and O–H groups in total. The van der Waals surface area contributed by atoms with Crippen LogP contribution in [0, 0.1) is 5.92 Å². The fourth-order valence-electron chi connectivity index (χ4n) is 3.14. The molecule has 1 aliphatic carbocycles. The third-order valence-corrected chi connectivity index (χ3v) is 4.47. The van der Waals surface area contributed by atoms with Crippen molar-refractivity contribution in [2.24, 2.45) is 5.92 Å². The maximum atomic E-state index is 11.8. The lowest BCUT2D eigenvalue weighted by Gasteiger charge is -2.35. The zero-order chi connectivity index (χ0) is 13.7. The smallest absolute Gasteiger partial charge is 0.236 e. The van der Waals surface area contributed by atoms with Crippen LogP contribution in [-0.4, -0.2) is 49.7 Å². The minimum atomic E-state index is 0.215. The van der Waals surface area contributed by atoms with Gasteiger partial charge in [0.05, 0.1) is 18.8 Å². The topological polar surface area (TPSA) is 41.6 Å². The molecule has 4 nitrogen and oxygen atoms in total. The van der Waals surface area contributed by atoms with E-state index >= 15 is 0 Å². The molecule has 2 rings (SSSR count). The fraction of sp³-hybridized carbons (Fsp3) is 0.933. The standard InChI is InChI=1S/C15H28N2O2/c1-12-3-5-13(6-4-12)19-14-7-9-17(10-8-14)15(18)11-16-2/h12-14,16H,3-11H2,1-2H3. The average Bonchev–Trinajstić information content (AvgIpc) is 2.42. The SMILES string of the molecule is CNCC(=O)N1CCC(OC2CCC(C)CC2)CC1. The highest BCUT2D eigenvalue weighted by atomic mass is 16.5. The Morgan fingerprint density at radius 3 is 2.26 bits per heavy atom. The van der Waals surface area contributed by atoms with Gasteiger partial charge in [-0.3, -0.25) is 4.79 Å². The summed E-state index contributed by atoms with van der Waals surface area (Å²) in [5, 5.41) is 2.92. The predicted octanol–water partition coefficient (Wildman–Crippen LogP) is 1.79. The molecule has 0 spiro atoms. The van der Waals surface area contributed by atoms with Gasteiger partial charge in [0.15, 0.2) is 0 Å². The van der Waals surface area contributed by atoms with Gasteiger partial charge in [0.2, 0.25) is 5.91 Å². The summed E-state index contributed by atoms with van der Waals surface area (Å²) in [6.45, 7) is 4.50. The van der Waals surface area contributed by atoms with Crippen molar-refractivity contribution in [1.29, 1.82) is 0 Å². The molecule has 2 fully saturated rings. The molecule has 1 saturated heterocycles. The van der Waals surface area contributed by atoms with E-state index in [4.69, 9.17) is 4.74 Å². The molecule has 0 radical (unpaired) electrons. The first-order valence-corrected chi connectivity index (χ1v) is 7.77. The van der Waals surface area contributed by atoms with Gasteiger partial charge in [0, 0.05) is 13.1 Å². The molecule has 0 bridgehead atoms. The summed E-state index contributed by atoms with van der Waals surface area (Å²) in [7, 11) is 1.82. The van der Waals surface area contributed by atoms with Crippen LogP contribution in [0.3, 0.4) is 0 Å². The van der Waals surface area contributed by atoms with Crippen molar-refractivity contribution in [3.05, 3.63) is 0 Å². The van der Waals surface area contributed by atoms with E-state index in [1.165, 1.54) is 25.7 Å². The molecule has 1 aliphatic heterocycles. The van der Waals surface area contributed by atoms with Gasteiger partial charge in [0.1, 0.15) is 0 Å². The highest BCUT2D eigenvalue weighted by molar-refractivity contribution is 5.78. The zero-order valence-electron chi connectivity index (χ0n) is 12.4. The number of piperidine rings is 1. The summed E-state index contributed by atoms with van der Waals surface area (Å²) in [5.74, 6) is 1.09. The van der Waals surface area contributed by atoms with Crippen LogP contribution in [0.2, 0.25) is 0 Å². The number of amides is 1. The van der Waals surface area contributed by atoms with Gasteiger partial charge in [-0.05, 0) is 51.5 Å². The number of nitrogens with zero attached hydrogens (tertiary/aromatic N) is 1. The van der Waals surface area contributed by atoms with Gasteiger partial charge in [-0.1, -0.05) is 6.92 Å². The minimum Gasteiger partial charge on any atom is -0.375 e. The molecular formula is C15H28N2O2. The molecule has 4 heteroatoms. The molecule has 0 atom stereocenters. The van der Waals surface area contributed by atoms with Crippen molar-refractivity contribution in [2.75, 3.05) is 26.7 Å². The van der Waals surface area contributed by atoms with Crippen LogP contribution in [0.5, 0.6) is 0 Å². The number of ether oxygens (including phenoxy) is 1. The van der Waals surface area contributed by atoms with Gasteiger partial charge in [0.25, 0.3) is 0 Å². The van der Waals surface area contributed by atoms with Crippen molar-refractivity contribution in [1.82, 2.24) is 10.2 Å². The molecule has 0 aromatic heterocycles. The van der Waals surface area contributed by atoms with E-state index < -0.39 is 0 Å². The summed E-state index contributed by atoms with van der Waals surface area (Å²) in [5.41, 5.74) is 0. The van der Waals surface area contributed by atoms with Gasteiger partial charge >= 0.3 is 0 Å². The number of likely N-dealkylation sites (tertiary alicyclic amines) is 1. The van der Waals surface area contributed by atoms with E-state index in [0.717, 1.165) is 31.8 Å². The van der Waals surface area contributed by atoms with Gasteiger partial charge < -0.3 is 15.0 Å². The normalized spacial score (nSPS) is 29.5. The third-order valence-electron chi connectivity index (χ3n) is 4.47. The monoisotopic (exact) mass is 268 g/mol. The Morgan fingerprint density at radius 2 is 1.68 bits per heavy atom. The number of rotatable bonds is 4. The summed E-state index contributed by atoms with van der Waals surface area (Å²) >= 11 is 0. The van der Waals surface area contributed by atoms with Crippen LogP contribution in [0.15, 0.2) is 0 Å². The Kier molecular flexibility index (Phi) is 5.64. The third kappa shape index (κ3) is 4.46. The van der Waals surface area contributed by atoms with Crippen LogP contribution < -0.4 is 5.32 Å². The van der Waals surface area contributed by atoms with Crippen LogP contribution in [0.25, 0.3) is 0 Å². The first kappa shape index (κ1) is 14.8. The van der Waals surface area contributed by atoms with Gasteiger partial charge in [-0.15, -0.1) is 0 Å². The average molecular weight is 268 g/mol. The Hall–Kier alpha value is -0.610. The number of hydrogen-bond donors (Lipinski definition) is 1. The molecule has 1 heterocycles. The largest absolute Gasteiger partial charge is 0.375 e. The number of carbonyl (C=O) groups excluding carboxylic acids is 1. The second kappa shape index (κ2) is 7.25. The number of likely N-dealkylation sites (N-methyl/N-ethyl adjacent to an activating group) is 1. The summed E-state index contributed by atoms with van der Waals surface area (Å²) < 4.78 is 6.22. The molecule has 0 aromatic rings. The highest BCUT2D eigenvalue weighted by Gasteiger charge is 2.26. The van der Waals surface area contributed by atoms with Crippen molar-refractivity contribution < 1.29 is 9.53 Å². The summed E-state index contributed by atoms with van der Waals surface area (Å²) in [6.07, 6.45) is 7.91. The van der Waals surface area contributed by atoms with Crippen molar-refractivity contribution in [2.45, 2.75) is 57.7 Å². The van der Waals surface area contributed by atoms with Gasteiger partial charge in [-0.2, -0.15) is 0 Å². The summed E-state index contributed by atoms with van der Waals surface area (Å²) in [4.78, 5) is 13.7. The van der Waals surface area contributed by atoms with E-state index in [9.17, 15) is 4.79 Å². The quantitative estimate of drug-likeness (QED) is 0.845. The molecule has 2 aliphatic rings. The number of nitrogens with one attached hydrogen (secondary N) is 1. The first-order chi connectivity index (χ1) is 9.19. The van der Waals surface area contributed by atoms with Gasteiger partial charge in [-0.25, -0.2) is 0 Å². The molecule has 1 amide bonds. The predicted molar refractivity (Wildman–Crippen MR) is 76.0 cm³/mol. The van der Waals surface area contributed by atoms with E-state index in [1.807, 2.05) is 11.9 Å². The van der Waals surface area contributed by atoms with Crippen LogP contribution in [-0.2, 0) is 9.53 Å². The molecule has 0 unspecified atom stereocenters. The lowest BCUT2D eigenvalue weighted by atomic mass is 9.88. The number of carbonyl (C=O) groups is 1. The number of hydrogen-bond acceptors (Lipinski definition) is 3. The second-order valence-electron chi connectivity index (χ2n) is 6.13. The highest BCUT2D eigenvalue weighted by Crippen LogP contribution is 2.28. The van der Waals surface area contributed by atoms with E-state index in [1.54, 1.807) is 0 Å². The Bertz CT molecular complexity index is 280. The second-order valence-corrected chi connectivity index (χ2v) is 6.13. The van der Waals surface area contributed by atoms with Crippen molar-refractivity contribution in [3.63, 3.8) is 0 Å². The van der Waals surface area contributed by atoms with Crippen LogP contribution in [0.4, 0.5) is 0 Å². The van der Waals surface area contributed by atoms with E-state index in [0.29, 0.717) is 18.8 Å². The summed E-state index contributed by atoms with van der Waals surface area (Å²) in [6, 6.07) is 0. The molecular weight excluding hydrogens is 240 g/mol. The molecule has 19 heavy (non-hydrogen) atoms. The van der Waals surface area contributed by atoms with Crippen molar-refractivity contribution >= 4 is 5.91 Å². The maximum Gasteiger partial charge on any atom is 0.236 e. The van der Waals surface area contributed by atoms with E-state index in [2.05, 4.69) is 12.2 Å². The Balaban J connectivity index is 1.67. The van der Waals surface area contributed by atoms with Crippen LogP contribution in [0.1, 0.15) is 45.4 Å². The molecule has 110 valence electrons. The zero-order valence-corrected chi connectivity index (χ0v) is 12.4.